The van der Waals surface area contributed by atoms with Crippen LogP contribution in [0.2, 0.25) is 0 Å². The van der Waals surface area contributed by atoms with Gasteiger partial charge in [0.25, 0.3) is 5.91 Å². The first-order valence-electron chi connectivity index (χ1n) is 8.95. The van der Waals surface area contributed by atoms with Crippen LogP contribution in [0.25, 0.3) is 22.6 Å². The third-order valence-electron chi connectivity index (χ3n) is 4.31. The summed E-state index contributed by atoms with van der Waals surface area (Å²) >= 11 is 5.16. The SMILES string of the molecule is COc1cccc(-c2nc3cc(NC(=S)NC(=O)c4ccccc4F)ccc3o2)c1. The van der Waals surface area contributed by atoms with Crippen LogP contribution in [0.15, 0.2) is 71.1 Å². The number of anilines is 1. The van der Waals surface area contributed by atoms with Crippen LogP contribution in [0, 0.1) is 5.82 Å². The predicted molar refractivity (Wildman–Crippen MR) is 116 cm³/mol. The molecule has 4 aromatic rings. The highest BCUT2D eigenvalue weighted by Gasteiger charge is 2.13. The Balaban J connectivity index is 1.50. The van der Waals surface area contributed by atoms with Gasteiger partial charge in [-0.15, -0.1) is 0 Å². The summed E-state index contributed by atoms with van der Waals surface area (Å²) in [4.78, 5) is 16.7. The Hall–Kier alpha value is -3.78. The van der Waals surface area contributed by atoms with Crippen LogP contribution in [-0.2, 0) is 0 Å². The van der Waals surface area contributed by atoms with Crippen LogP contribution < -0.4 is 15.4 Å². The number of ether oxygens (including phenoxy) is 1. The van der Waals surface area contributed by atoms with Crippen molar-refractivity contribution in [1.82, 2.24) is 10.3 Å². The van der Waals surface area contributed by atoms with Gasteiger partial charge in [-0.2, -0.15) is 0 Å². The second-order valence-electron chi connectivity index (χ2n) is 6.32. The summed E-state index contributed by atoms with van der Waals surface area (Å²) in [7, 11) is 1.59. The number of hydrogen-bond donors (Lipinski definition) is 2. The summed E-state index contributed by atoms with van der Waals surface area (Å²) in [6.45, 7) is 0. The van der Waals surface area contributed by atoms with Gasteiger partial charge in [0.15, 0.2) is 10.7 Å². The molecule has 0 fully saturated rings. The molecule has 0 bridgehead atoms. The van der Waals surface area contributed by atoms with Crippen LogP contribution in [0.5, 0.6) is 5.75 Å². The van der Waals surface area contributed by atoms with Gasteiger partial charge in [0.2, 0.25) is 5.89 Å². The summed E-state index contributed by atoms with van der Waals surface area (Å²) < 4.78 is 24.8. The first-order valence-corrected chi connectivity index (χ1v) is 9.36. The van der Waals surface area contributed by atoms with Crippen LogP contribution in [0.4, 0.5) is 10.1 Å². The maximum Gasteiger partial charge on any atom is 0.260 e. The Morgan fingerprint density at radius 2 is 1.93 bits per heavy atom. The molecule has 1 aromatic heterocycles. The van der Waals surface area contributed by atoms with E-state index in [9.17, 15) is 9.18 Å². The molecule has 0 aliphatic rings. The lowest BCUT2D eigenvalue weighted by Gasteiger charge is -2.09. The average Bonchev–Trinajstić information content (AvgIpc) is 3.17. The molecule has 150 valence electrons. The summed E-state index contributed by atoms with van der Waals surface area (Å²) in [6.07, 6.45) is 0. The standard InChI is InChI=1S/C22H16FN3O3S/c1-28-15-6-4-5-13(11-15)21-25-18-12-14(9-10-19(18)29-21)24-22(30)26-20(27)16-7-2-3-8-17(16)23/h2-12H,1H3,(H2,24,26,27,30). The maximum absolute atomic E-state index is 13.7. The van der Waals surface area contributed by atoms with Crippen molar-refractivity contribution in [2.75, 3.05) is 12.4 Å². The van der Waals surface area contributed by atoms with Gasteiger partial charge in [0.1, 0.15) is 17.1 Å². The van der Waals surface area contributed by atoms with Crippen LogP contribution in [0.3, 0.4) is 0 Å². The molecule has 0 radical (unpaired) electrons. The molecule has 0 atom stereocenters. The van der Waals surface area contributed by atoms with Gasteiger partial charge in [-0.25, -0.2) is 9.37 Å². The van der Waals surface area contributed by atoms with Gasteiger partial charge in [0.05, 0.1) is 12.7 Å². The number of rotatable bonds is 4. The molecule has 0 unspecified atom stereocenters. The number of amides is 1. The monoisotopic (exact) mass is 421 g/mol. The number of carbonyl (C=O) groups excluding carboxylic acids is 1. The Morgan fingerprint density at radius 3 is 2.73 bits per heavy atom. The number of benzene rings is 3. The average molecular weight is 421 g/mol. The molecule has 30 heavy (non-hydrogen) atoms. The number of aromatic nitrogens is 1. The van der Waals surface area contributed by atoms with Crippen molar-refractivity contribution < 1.29 is 18.3 Å². The van der Waals surface area contributed by atoms with E-state index in [-0.39, 0.29) is 10.7 Å². The van der Waals surface area contributed by atoms with E-state index in [1.807, 2.05) is 24.3 Å². The minimum absolute atomic E-state index is 0.0408. The van der Waals surface area contributed by atoms with Crippen molar-refractivity contribution in [1.29, 1.82) is 0 Å². The van der Waals surface area contributed by atoms with Gasteiger partial charge < -0.3 is 14.5 Å². The fourth-order valence-corrected chi connectivity index (χ4v) is 3.07. The highest BCUT2D eigenvalue weighted by Crippen LogP contribution is 2.28. The second kappa shape index (κ2) is 8.30. The van der Waals surface area contributed by atoms with E-state index in [1.54, 1.807) is 31.4 Å². The molecule has 0 aliphatic heterocycles. The van der Waals surface area contributed by atoms with Gasteiger partial charge in [0, 0.05) is 11.3 Å². The number of nitrogens with zero attached hydrogens (tertiary/aromatic N) is 1. The topological polar surface area (TPSA) is 76.4 Å². The van der Waals surface area contributed by atoms with Crippen molar-refractivity contribution in [3.8, 4) is 17.2 Å². The van der Waals surface area contributed by atoms with Crippen LogP contribution >= 0.6 is 12.2 Å². The van der Waals surface area contributed by atoms with Crippen molar-refractivity contribution in [2.24, 2.45) is 0 Å². The number of thiocarbonyl (C=S) groups is 1. The fraction of sp³-hybridized carbons (Fsp3) is 0.0455. The van der Waals surface area contributed by atoms with Gasteiger partial charge in [-0.05, 0) is 60.7 Å². The second-order valence-corrected chi connectivity index (χ2v) is 6.73. The molecule has 0 saturated heterocycles. The molecule has 0 saturated carbocycles. The Labute approximate surface area is 176 Å². The molecular formula is C22H16FN3O3S. The van der Waals surface area contributed by atoms with Gasteiger partial charge >= 0.3 is 0 Å². The summed E-state index contributed by atoms with van der Waals surface area (Å²) in [5.74, 6) is -0.0927. The lowest BCUT2D eigenvalue weighted by molar-refractivity contribution is 0.0974. The molecule has 1 amide bonds. The largest absolute Gasteiger partial charge is 0.497 e. The zero-order valence-electron chi connectivity index (χ0n) is 15.8. The van der Waals surface area contributed by atoms with Crippen molar-refractivity contribution in [2.45, 2.75) is 0 Å². The van der Waals surface area contributed by atoms with E-state index in [0.29, 0.717) is 28.4 Å². The van der Waals surface area contributed by atoms with Crippen LogP contribution in [0.1, 0.15) is 10.4 Å². The first kappa shape index (κ1) is 19.5. The lowest BCUT2D eigenvalue weighted by Crippen LogP contribution is -2.34. The van der Waals surface area contributed by atoms with Gasteiger partial charge in [-0.1, -0.05) is 18.2 Å². The highest BCUT2D eigenvalue weighted by molar-refractivity contribution is 7.80. The first-order chi connectivity index (χ1) is 14.5. The van der Waals surface area contributed by atoms with E-state index >= 15 is 0 Å². The Kier molecular flexibility index (Phi) is 5.40. The zero-order valence-corrected chi connectivity index (χ0v) is 16.6. The molecular weight excluding hydrogens is 405 g/mol. The van der Waals surface area contributed by atoms with E-state index in [1.165, 1.54) is 18.2 Å². The summed E-state index contributed by atoms with van der Waals surface area (Å²) in [6, 6.07) is 18.3. The number of halogens is 1. The summed E-state index contributed by atoms with van der Waals surface area (Å²) in [5.41, 5.74) is 2.51. The van der Waals surface area contributed by atoms with E-state index in [0.717, 1.165) is 5.56 Å². The number of methoxy groups -OCH3 is 1. The zero-order chi connectivity index (χ0) is 21.1. The molecule has 2 N–H and O–H groups in total. The smallest absolute Gasteiger partial charge is 0.260 e. The molecule has 0 spiro atoms. The maximum atomic E-state index is 13.7. The molecule has 4 rings (SSSR count). The van der Waals surface area contributed by atoms with Crippen molar-refractivity contribution in [3.05, 3.63) is 78.1 Å². The van der Waals surface area contributed by atoms with E-state index < -0.39 is 11.7 Å². The van der Waals surface area contributed by atoms with Crippen molar-refractivity contribution in [3.63, 3.8) is 0 Å². The number of nitrogens with one attached hydrogen (secondary N) is 2. The third kappa shape index (κ3) is 4.13. The normalized spacial score (nSPS) is 10.6. The minimum Gasteiger partial charge on any atom is -0.497 e. The number of oxazole rings is 1. The third-order valence-corrected chi connectivity index (χ3v) is 4.51. The molecule has 1 heterocycles. The van der Waals surface area contributed by atoms with Crippen molar-refractivity contribution >= 4 is 40.0 Å². The highest BCUT2D eigenvalue weighted by atomic mass is 32.1. The molecule has 0 aliphatic carbocycles. The Morgan fingerprint density at radius 1 is 1.10 bits per heavy atom. The van der Waals surface area contributed by atoms with Crippen LogP contribution in [-0.4, -0.2) is 23.1 Å². The minimum atomic E-state index is -0.631. The van der Waals surface area contributed by atoms with E-state index in [2.05, 4.69) is 15.6 Å². The molecule has 6 nitrogen and oxygen atoms in total. The van der Waals surface area contributed by atoms with Gasteiger partial charge in [-0.3, -0.25) is 10.1 Å². The van der Waals surface area contributed by atoms with E-state index in [4.69, 9.17) is 21.4 Å². The molecule has 8 heteroatoms. The number of carbonyl (C=O) groups is 1. The number of fused-ring (bicyclic) bond motifs is 1. The number of hydrogen-bond acceptors (Lipinski definition) is 5. The lowest BCUT2D eigenvalue weighted by atomic mass is 10.2. The fourth-order valence-electron chi connectivity index (χ4n) is 2.86. The Bertz CT molecular complexity index is 1260. The summed E-state index contributed by atoms with van der Waals surface area (Å²) in [5, 5.41) is 5.40. The quantitative estimate of drug-likeness (QED) is 0.463. The molecule has 3 aromatic carbocycles. The predicted octanol–water partition coefficient (Wildman–Crippen LogP) is 4.77.